The Morgan fingerprint density at radius 1 is 1.04 bits per heavy atom. The van der Waals surface area contributed by atoms with Crippen LogP contribution in [0.25, 0.3) is 0 Å². The van der Waals surface area contributed by atoms with Gasteiger partial charge in [-0.15, -0.1) is 0 Å². The molecule has 0 unspecified atom stereocenters. The van der Waals surface area contributed by atoms with Crippen molar-refractivity contribution in [3.05, 3.63) is 47.5 Å². The Labute approximate surface area is 138 Å². The smallest absolute Gasteiger partial charge is 0.379 e. The molecule has 0 aliphatic carbocycles. The second-order valence-electron chi connectivity index (χ2n) is 6.21. The van der Waals surface area contributed by atoms with Crippen molar-refractivity contribution in [1.82, 2.24) is 0 Å². The molecule has 0 aromatic heterocycles. The summed E-state index contributed by atoms with van der Waals surface area (Å²) in [5.41, 5.74) is 2.15. The number of hydrogen-bond donors (Lipinski definition) is 0. The summed E-state index contributed by atoms with van der Waals surface area (Å²) < 4.78 is 4.67. The van der Waals surface area contributed by atoms with Crippen LogP contribution in [0.5, 0.6) is 0 Å². The molecule has 0 aliphatic heterocycles. The normalized spacial score (nSPS) is 10.2. The Morgan fingerprint density at radius 3 is 1.78 bits per heavy atom. The molecule has 4 heteroatoms. The van der Waals surface area contributed by atoms with Crippen LogP contribution in [0.2, 0.25) is 0 Å². The number of carbonyl (C=O) groups is 3. The van der Waals surface area contributed by atoms with E-state index in [1.165, 1.54) is 6.92 Å². The van der Waals surface area contributed by atoms with Gasteiger partial charge in [0.2, 0.25) is 0 Å². The summed E-state index contributed by atoms with van der Waals surface area (Å²) in [6.45, 7) is 14.8. The zero-order valence-corrected chi connectivity index (χ0v) is 14.9. The van der Waals surface area contributed by atoms with Crippen molar-refractivity contribution in [2.24, 2.45) is 0 Å². The van der Waals surface area contributed by atoms with Gasteiger partial charge in [-0.05, 0) is 37.3 Å². The third kappa shape index (κ3) is 7.54. The van der Waals surface area contributed by atoms with E-state index < -0.39 is 11.8 Å². The number of ketones is 2. The van der Waals surface area contributed by atoms with Gasteiger partial charge in [0.25, 0.3) is 5.78 Å². The van der Waals surface area contributed by atoms with Gasteiger partial charge in [-0.2, -0.15) is 0 Å². The molecule has 0 heterocycles. The Kier molecular flexibility index (Phi) is 8.16. The number of esters is 1. The van der Waals surface area contributed by atoms with Crippen molar-refractivity contribution in [2.75, 3.05) is 6.61 Å². The first kappa shape index (κ1) is 20.8. The highest BCUT2D eigenvalue weighted by Crippen LogP contribution is 2.22. The largest absolute Gasteiger partial charge is 0.460 e. The quantitative estimate of drug-likeness (QED) is 0.366. The van der Waals surface area contributed by atoms with Crippen LogP contribution in [0.3, 0.4) is 0 Å². The predicted molar refractivity (Wildman–Crippen MR) is 91.6 cm³/mol. The van der Waals surface area contributed by atoms with E-state index in [2.05, 4.69) is 32.1 Å². The van der Waals surface area contributed by atoms with E-state index in [-0.39, 0.29) is 17.8 Å². The molecule has 0 saturated heterocycles. The molecule has 0 amide bonds. The average molecular weight is 318 g/mol. The van der Waals surface area contributed by atoms with Crippen LogP contribution in [-0.2, 0) is 19.7 Å². The maximum absolute atomic E-state index is 11.6. The predicted octanol–water partition coefficient (Wildman–Crippen LogP) is 3.88. The molecule has 0 atom stereocenters. The third-order valence-corrected chi connectivity index (χ3v) is 3.07. The van der Waals surface area contributed by atoms with E-state index in [0.29, 0.717) is 11.1 Å². The highest BCUT2D eigenvalue weighted by Gasteiger charge is 2.19. The molecular weight excluding hydrogens is 292 g/mol. The first-order valence-corrected chi connectivity index (χ1v) is 7.49. The van der Waals surface area contributed by atoms with E-state index in [1.807, 2.05) is 12.1 Å². The van der Waals surface area contributed by atoms with Crippen LogP contribution in [0.4, 0.5) is 0 Å². The van der Waals surface area contributed by atoms with Crippen LogP contribution in [0.15, 0.2) is 36.4 Å². The van der Waals surface area contributed by atoms with Gasteiger partial charge in [0.1, 0.15) is 0 Å². The SMILES string of the molecule is C=C(C)C(C)=O.CCOC(=O)C(=O)c1ccc(C(C)(C)C)cc1. The van der Waals surface area contributed by atoms with Gasteiger partial charge in [0, 0.05) is 5.56 Å². The number of Topliss-reactive ketones (excluding diaryl/α,β-unsaturated/α-hetero) is 2. The zero-order chi connectivity index (χ0) is 18.2. The Hall–Kier alpha value is -2.23. The number of ether oxygens (including phenoxy) is 1. The third-order valence-electron chi connectivity index (χ3n) is 3.07. The second kappa shape index (κ2) is 9.03. The number of hydrogen-bond acceptors (Lipinski definition) is 4. The maximum atomic E-state index is 11.6. The van der Waals surface area contributed by atoms with E-state index in [4.69, 9.17) is 0 Å². The van der Waals surface area contributed by atoms with E-state index in [0.717, 1.165) is 5.56 Å². The molecule has 23 heavy (non-hydrogen) atoms. The van der Waals surface area contributed by atoms with Crippen molar-refractivity contribution < 1.29 is 19.1 Å². The van der Waals surface area contributed by atoms with Crippen LogP contribution >= 0.6 is 0 Å². The lowest BCUT2D eigenvalue weighted by molar-refractivity contribution is -0.137. The minimum atomic E-state index is -0.795. The zero-order valence-electron chi connectivity index (χ0n) is 14.9. The number of allylic oxidation sites excluding steroid dienone is 1. The molecule has 0 aliphatic rings. The standard InChI is InChI=1S/C14H18O3.C5H8O/c1-5-17-13(16)12(15)10-6-8-11(9-7-10)14(2,3)4;1-4(2)5(3)6/h6-9H,5H2,1-4H3;1H2,2-3H3. The van der Waals surface area contributed by atoms with Crippen molar-refractivity contribution in [2.45, 2.75) is 47.0 Å². The summed E-state index contributed by atoms with van der Waals surface area (Å²) in [5.74, 6) is -1.32. The fraction of sp³-hybridized carbons (Fsp3) is 0.421. The minimum Gasteiger partial charge on any atom is -0.460 e. The first-order valence-electron chi connectivity index (χ1n) is 7.49. The fourth-order valence-electron chi connectivity index (χ4n) is 1.44. The lowest BCUT2D eigenvalue weighted by atomic mass is 9.86. The monoisotopic (exact) mass is 318 g/mol. The lowest BCUT2D eigenvalue weighted by Gasteiger charge is -2.18. The molecule has 1 aromatic rings. The topological polar surface area (TPSA) is 60.4 Å². The summed E-state index contributed by atoms with van der Waals surface area (Å²) in [5, 5.41) is 0. The van der Waals surface area contributed by atoms with Crippen molar-refractivity contribution in [1.29, 1.82) is 0 Å². The van der Waals surface area contributed by atoms with Crippen LogP contribution < -0.4 is 0 Å². The molecule has 1 rings (SSSR count). The van der Waals surface area contributed by atoms with Crippen LogP contribution in [0, 0.1) is 0 Å². The van der Waals surface area contributed by atoms with E-state index >= 15 is 0 Å². The van der Waals surface area contributed by atoms with E-state index in [1.54, 1.807) is 26.0 Å². The molecule has 1 aromatic carbocycles. The first-order chi connectivity index (χ1) is 10.5. The minimum absolute atomic E-state index is 0.0332. The van der Waals surface area contributed by atoms with Crippen LogP contribution in [-0.4, -0.2) is 24.1 Å². The molecule has 0 bridgehead atoms. The molecule has 0 N–H and O–H groups in total. The molecule has 0 fully saturated rings. The average Bonchev–Trinajstić information content (AvgIpc) is 2.46. The molecule has 0 saturated carbocycles. The summed E-state index contributed by atoms with van der Waals surface area (Å²) in [4.78, 5) is 32.9. The number of carbonyl (C=O) groups excluding carboxylic acids is 3. The van der Waals surface area contributed by atoms with E-state index in [9.17, 15) is 14.4 Å². The van der Waals surface area contributed by atoms with Crippen molar-refractivity contribution in [3.63, 3.8) is 0 Å². The van der Waals surface area contributed by atoms with Gasteiger partial charge in [-0.25, -0.2) is 4.79 Å². The molecular formula is C19H26O4. The van der Waals surface area contributed by atoms with Gasteiger partial charge in [0.05, 0.1) is 6.61 Å². The highest BCUT2D eigenvalue weighted by molar-refractivity contribution is 6.40. The van der Waals surface area contributed by atoms with Crippen LogP contribution in [0.1, 0.15) is 57.5 Å². The Bertz CT molecular complexity index is 562. The highest BCUT2D eigenvalue weighted by atomic mass is 16.5. The Morgan fingerprint density at radius 2 is 1.48 bits per heavy atom. The van der Waals surface area contributed by atoms with Gasteiger partial charge >= 0.3 is 5.97 Å². The molecule has 4 nitrogen and oxygen atoms in total. The molecule has 0 spiro atoms. The molecule has 126 valence electrons. The van der Waals surface area contributed by atoms with Crippen molar-refractivity contribution >= 4 is 17.5 Å². The Balaban J connectivity index is 0.000000688. The van der Waals surface area contributed by atoms with Crippen molar-refractivity contribution in [3.8, 4) is 0 Å². The summed E-state index contributed by atoms with van der Waals surface area (Å²) in [7, 11) is 0. The summed E-state index contributed by atoms with van der Waals surface area (Å²) >= 11 is 0. The summed E-state index contributed by atoms with van der Waals surface area (Å²) in [6.07, 6.45) is 0. The number of rotatable bonds is 4. The van der Waals surface area contributed by atoms with Gasteiger partial charge in [-0.3, -0.25) is 9.59 Å². The number of benzene rings is 1. The van der Waals surface area contributed by atoms with Gasteiger partial charge in [-0.1, -0.05) is 51.6 Å². The summed E-state index contributed by atoms with van der Waals surface area (Å²) in [6, 6.07) is 7.07. The molecule has 0 radical (unpaired) electrons. The van der Waals surface area contributed by atoms with Gasteiger partial charge in [0.15, 0.2) is 5.78 Å². The fourth-order valence-corrected chi connectivity index (χ4v) is 1.44. The van der Waals surface area contributed by atoms with Gasteiger partial charge < -0.3 is 4.74 Å². The maximum Gasteiger partial charge on any atom is 0.379 e. The second-order valence-corrected chi connectivity index (χ2v) is 6.21. The lowest BCUT2D eigenvalue weighted by Crippen LogP contribution is -2.18.